The molecule has 1 saturated heterocycles. The Kier molecular flexibility index (Phi) is 9.06. The van der Waals surface area contributed by atoms with Crippen LogP contribution in [0.15, 0.2) is 28.7 Å². The monoisotopic (exact) mass is 388 g/mol. The Morgan fingerprint density at radius 2 is 2.09 bits per heavy atom. The number of hydrogen-bond donors (Lipinski definition) is 1. The molecule has 1 aliphatic heterocycles. The van der Waals surface area contributed by atoms with E-state index in [1.807, 2.05) is 12.1 Å². The fourth-order valence-corrected chi connectivity index (χ4v) is 3.40. The molecule has 1 N–H and O–H groups in total. The number of hydrogen-bond acceptors (Lipinski definition) is 2. The van der Waals surface area contributed by atoms with E-state index in [0.29, 0.717) is 18.4 Å². The smallest absolute Gasteiger partial charge is 0.223 e. The highest BCUT2D eigenvalue weighted by Gasteiger charge is 2.24. The number of carbonyl (C=O) groups excluding carboxylic acids is 1. The van der Waals surface area contributed by atoms with Crippen molar-refractivity contribution in [1.29, 1.82) is 0 Å². The summed E-state index contributed by atoms with van der Waals surface area (Å²) in [5, 5.41) is 3.37. The number of amides is 1. The fourth-order valence-electron chi connectivity index (χ4n) is 2.96. The van der Waals surface area contributed by atoms with Crippen molar-refractivity contribution in [2.75, 3.05) is 19.6 Å². The van der Waals surface area contributed by atoms with Gasteiger partial charge in [-0.15, -0.1) is 12.4 Å². The van der Waals surface area contributed by atoms with Crippen LogP contribution in [-0.2, 0) is 11.2 Å². The largest absolute Gasteiger partial charge is 0.340 e. The summed E-state index contributed by atoms with van der Waals surface area (Å²) in [6, 6.07) is 8.67. The molecular formula is C17H26BrClN2O. The van der Waals surface area contributed by atoms with Gasteiger partial charge >= 0.3 is 0 Å². The molecule has 1 aromatic rings. The van der Waals surface area contributed by atoms with Gasteiger partial charge in [0.25, 0.3) is 0 Å². The number of halogens is 2. The van der Waals surface area contributed by atoms with Crippen molar-refractivity contribution < 1.29 is 4.79 Å². The van der Waals surface area contributed by atoms with Crippen molar-refractivity contribution in [3.63, 3.8) is 0 Å². The quantitative estimate of drug-likeness (QED) is 0.802. The average molecular weight is 390 g/mol. The number of piperidine rings is 1. The van der Waals surface area contributed by atoms with E-state index in [0.717, 1.165) is 49.8 Å². The van der Waals surface area contributed by atoms with Gasteiger partial charge in [-0.3, -0.25) is 4.79 Å². The summed E-state index contributed by atoms with van der Waals surface area (Å²) in [6.45, 7) is 5.10. The van der Waals surface area contributed by atoms with Crippen molar-refractivity contribution in [3.05, 3.63) is 34.3 Å². The Morgan fingerprint density at radius 3 is 2.73 bits per heavy atom. The van der Waals surface area contributed by atoms with E-state index in [9.17, 15) is 4.79 Å². The fraction of sp³-hybridized carbons (Fsp3) is 0.588. The van der Waals surface area contributed by atoms with Crippen molar-refractivity contribution in [2.24, 2.45) is 0 Å². The summed E-state index contributed by atoms with van der Waals surface area (Å²) in [6.07, 6.45) is 4.64. The van der Waals surface area contributed by atoms with Crippen LogP contribution in [0.3, 0.4) is 0 Å². The lowest BCUT2D eigenvalue weighted by molar-refractivity contribution is -0.134. The highest BCUT2D eigenvalue weighted by Crippen LogP contribution is 2.17. The van der Waals surface area contributed by atoms with Gasteiger partial charge in [-0.1, -0.05) is 35.0 Å². The molecule has 0 unspecified atom stereocenters. The molecule has 1 fully saturated rings. The lowest BCUT2D eigenvalue weighted by atomic mass is 10.0. The SMILES string of the molecule is CCCN(C(=O)CCc1cccc(Br)c1)C1CCNCC1.Cl. The first-order chi connectivity index (χ1) is 10.2. The molecular weight excluding hydrogens is 364 g/mol. The second-order valence-corrected chi connectivity index (χ2v) is 6.61. The van der Waals surface area contributed by atoms with Crippen LogP contribution in [0.2, 0.25) is 0 Å². The molecule has 124 valence electrons. The first kappa shape index (κ1) is 19.5. The van der Waals surface area contributed by atoms with Crippen LogP contribution in [-0.4, -0.2) is 36.5 Å². The number of carbonyl (C=O) groups is 1. The third kappa shape index (κ3) is 5.90. The molecule has 0 bridgehead atoms. The summed E-state index contributed by atoms with van der Waals surface area (Å²) < 4.78 is 1.08. The van der Waals surface area contributed by atoms with E-state index in [-0.39, 0.29) is 12.4 Å². The van der Waals surface area contributed by atoms with E-state index < -0.39 is 0 Å². The molecule has 3 nitrogen and oxygen atoms in total. The minimum Gasteiger partial charge on any atom is -0.340 e. The summed E-state index contributed by atoms with van der Waals surface area (Å²) in [5.74, 6) is 0.309. The standard InChI is InChI=1S/C17H25BrN2O.ClH/c1-2-12-20(16-8-10-19-11-9-16)17(21)7-6-14-4-3-5-15(18)13-14;/h3-5,13,16,19H,2,6-12H2,1H3;1H. The van der Waals surface area contributed by atoms with Crippen LogP contribution in [0.1, 0.15) is 38.2 Å². The number of aryl methyl sites for hydroxylation is 1. The molecule has 0 aromatic heterocycles. The third-order valence-corrected chi connectivity index (χ3v) is 4.54. The zero-order valence-corrected chi connectivity index (χ0v) is 15.6. The van der Waals surface area contributed by atoms with Gasteiger partial charge in [0.15, 0.2) is 0 Å². The van der Waals surface area contributed by atoms with Crippen molar-refractivity contribution in [1.82, 2.24) is 10.2 Å². The molecule has 2 rings (SSSR count). The van der Waals surface area contributed by atoms with Crippen LogP contribution in [0.5, 0.6) is 0 Å². The van der Waals surface area contributed by atoms with Crippen LogP contribution in [0, 0.1) is 0 Å². The predicted octanol–water partition coefficient (Wildman–Crippen LogP) is 3.79. The highest BCUT2D eigenvalue weighted by molar-refractivity contribution is 9.10. The van der Waals surface area contributed by atoms with Crippen LogP contribution in [0.4, 0.5) is 0 Å². The van der Waals surface area contributed by atoms with E-state index in [1.54, 1.807) is 0 Å². The molecule has 5 heteroatoms. The zero-order valence-electron chi connectivity index (χ0n) is 13.2. The van der Waals surface area contributed by atoms with Gasteiger partial charge in [0.1, 0.15) is 0 Å². The van der Waals surface area contributed by atoms with Gasteiger partial charge in [-0.05, 0) is 56.5 Å². The molecule has 0 radical (unpaired) electrons. The van der Waals surface area contributed by atoms with Crippen LogP contribution >= 0.6 is 28.3 Å². The molecule has 1 aromatic carbocycles. The second kappa shape index (κ2) is 10.2. The Morgan fingerprint density at radius 1 is 1.36 bits per heavy atom. The van der Waals surface area contributed by atoms with Gasteiger partial charge in [-0.25, -0.2) is 0 Å². The first-order valence-electron chi connectivity index (χ1n) is 7.95. The lowest BCUT2D eigenvalue weighted by Gasteiger charge is -2.34. The summed E-state index contributed by atoms with van der Waals surface area (Å²) in [7, 11) is 0. The Bertz CT molecular complexity index is 464. The number of rotatable bonds is 6. The first-order valence-corrected chi connectivity index (χ1v) is 8.74. The number of nitrogens with one attached hydrogen (secondary N) is 1. The highest BCUT2D eigenvalue weighted by atomic mass is 79.9. The molecule has 0 atom stereocenters. The molecule has 1 aliphatic rings. The Hall–Kier alpha value is -0.580. The topological polar surface area (TPSA) is 32.3 Å². The Labute approximate surface area is 148 Å². The van der Waals surface area contributed by atoms with Crippen LogP contribution in [0.25, 0.3) is 0 Å². The predicted molar refractivity (Wildman–Crippen MR) is 97.6 cm³/mol. The van der Waals surface area contributed by atoms with Crippen molar-refractivity contribution in [3.8, 4) is 0 Å². The van der Waals surface area contributed by atoms with Gasteiger partial charge in [0.2, 0.25) is 5.91 Å². The van der Waals surface area contributed by atoms with E-state index in [2.05, 4.69) is 45.2 Å². The van der Waals surface area contributed by atoms with Gasteiger partial charge < -0.3 is 10.2 Å². The third-order valence-electron chi connectivity index (χ3n) is 4.05. The van der Waals surface area contributed by atoms with Crippen LogP contribution < -0.4 is 5.32 Å². The van der Waals surface area contributed by atoms with Crippen molar-refractivity contribution in [2.45, 2.75) is 45.1 Å². The molecule has 0 saturated carbocycles. The molecule has 0 aliphatic carbocycles. The normalized spacial score (nSPS) is 15.2. The lowest BCUT2D eigenvalue weighted by Crippen LogP contribution is -2.46. The average Bonchev–Trinajstić information content (AvgIpc) is 2.51. The molecule has 1 amide bonds. The van der Waals surface area contributed by atoms with E-state index >= 15 is 0 Å². The van der Waals surface area contributed by atoms with Crippen molar-refractivity contribution >= 4 is 34.2 Å². The molecule has 1 heterocycles. The summed E-state index contributed by atoms with van der Waals surface area (Å²) in [5.41, 5.74) is 1.22. The molecule has 0 spiro atoms. The second-order valence-electron chi connectivity index (χ2n) is 5.70. The van der Waals surface area contributed by atoms with Gasteiger partial charge in [0, 0.05) is 23.5 Å². The van der Waals surface area contributed by atoms with E-state index in [4.69, 9.17) is 0 Å². The van der Waals surface area contributed by atoms with Gasteiger partial charge in [-0.2, -0.15) is 0 Å². The maximum absolute atomic E-state index is 12.6. The summed E-state index contributed by atoms with van der Waals surface area (Å²) >= 11 is 3.48. The zero-order chi connectivity index (χ0) is 15.1. The Balaban J connectivity index is 0.00000242. The minimum atomic E-state index is 0. The maximum Gasteiger partial charge on any atom is 0.223 e. The maximum atomic E-state index is 12.6. The number of benzene rings is 1. The molecule has 22 heavy (non-hydrogen) atoms. The number of nitrogens with zero attached hydrogens (tertiary/aromatic N) is 1. The summed E-state index contributed by atoms with van der Waals surface area (Å²) in [4.78, 5) is 14.7. The van der Waals surface area contributed by atoms with Gasteiger partial charge in [0.05, 0.1) is 0 Å². The minimum absolute atomic E-state index is 0. The van der Waals surface area contributed by atoms with E-state index in [1.165, 1.54) is 5.56 Å².